The number of aromatic nitrogens is 1. The van der Waals surface area contributed by atoms with Crippen LogP contribution in [0.15, 0.2) is 28.7 Å². The lowest BCUT2D eigenvalue weighted by atomic mass is 10.1. The minimum absolute atomic E-state index is 0.0431. The van der Waals surface area contributed by atoms with Gasteiger partial charge >= 0.3 is 6.03 Å². The molecule has 2 N–H and O–H groups in total. The second-order valence-corrected chi connectivity index (χ2v) is 5.04. The number of benzene rings is 1. The molecule has 2 amide bonds. The first-order valence-corrected chi connectivity index (χ1v) is 7.13. The predicted molar refractivity (Wildman–Crippen MR) is 83.0 cm³/mol. The van der Waals surface area contributed by atoms with Crippen LogP contribution in [0, 0.1) is 24.0 Å². The second kappa shape index (κ2) is 7.39. The summed E-state index contributed by atoms with van der Waals surface area (Å²) in [4.78, 5) is 26.1. The fraction of sp³-hybridized carbons (Fsp3) is 0.333. The van der Waals surface area contributed by atoms with Crippen LogP contribution >= 0.6 is 0 Å². The van der Waals surface area contributed by atoms with Gasteiger partial charge in [0.05, 0.1) is 17.2 Å². The molecule has 0 aliphatic heterocycles. The Kier molecular flexibility index (Phi) is 5.29. The van der Waals surface area contributed by atoms with E-state index in [-0.39, 0.29) is 18.3 Å². The summed E-state index contributed by atoms with van der Waals surface area (Å²) in [6.07, 6.45) is 0.506. The van der Waals surface area contributed by atoms with Crippen LogP contribution in [-0.4, -0.2) is 22.5 Å². The Bertz CT molecular complexity index is 692. The van der Waals surface area contributed by atoms with Crippen LogP contribution in [0.4, 0.5) is 10.5 Å². The highest BCUT2D eigenvalue weighted by atomic mass is 16.6. The van der Waals surface area contributed by atoms with Crippen LogP contribution in [0.3, 0.4) is 0 Å². The SMILES string of the molecule is Cc1nc(CNC(=O)NCCc2cccc([N+](=O)[O-])c2)oc1C. The molecule has 2 rings (SSSR count). The maximum absolute atomic E-state index is 11.7. The molecule has 2 aromatic rings. The van der Waals surface area contributed by atoms with Crippen molar-refractivity contribution in [3.05, 3.63) is 57.3 Å². The number of hydrogen-bond acceptors (Lipinski definition) is 5. The summed E-state index contributed by atoms with van der Waals surface area (Å²) in [5.74, 6) is 1.18. The lowest BCUT2D eigenvalue weighted by molar-refractivity contribution is -0.384. The molecule has 0 fully saturated rings. The average molecular weight is 318 g/mol. The summed E-state index contributed by atoms with van der Waals surface area (Å²) < 4.78 is 5.36. The van der Waals surface area contributed by atoms with Gasteiger partial charge in [0.1, 0.15) is 5.76 Å². The van der Waals surface area contributed by atoms with Crippen LogP contribution in [-0.2, 0) is 13.0 Å². The Morgan fingerprint density at radius 1 is 1.35 bits per heavy atom. The zero-order chi connectivity index (χ0) is 16.8. The summed E-state index contributed by atoms with van der Waals surface area (Å²) in [7, 11) is 0. The topological polar surface area (TPSA) is 110 Å². The smallest absolute Gasteiger partial charge is 0.315 e. The number of aryl methyl sites for hydroxylation is 2. The molecule has 0 aliphatic carbocycles. The van der Waals surface area contributed by atoms with Gasteiger partial charge in [-0.3, -0.25) is 10.1 Å². The van der Waals surface area contributed by atoms with Gasteiger partial charge in [-0.1, -0.05) is 12.1 Å². The van der Waals surface area contributed by atoms with E-state index in [1.807, 2.05) is 13.8 Å². The molecule has 1 heterocycles. The first-order valence-electron chi connectivity index (χ1n) is 7.13. The fourth-order valence-electron chi connectivity index (χ4n) is 1.98. The van der Waals surface area contributed by atoms with E-state index in [0.29, 0.717) is 18.9 Å². The molecule has 23 heavy (non-hydrogen) atoms. The summed E-state index contributed by atoms with van der Waals surface area (Å²) in [6, 6.07) is 6.00. The van der Waals surface area contributed by atoms with Crippen molar-refractivity contribution in [1.29, 1.82) is 0 Å². The highest BCUT2D eigenvalue weighted by Gasteiger charge is 2.08. The van der Waals surface area contributed by atoms with Gasteiger partial charge in [-0.25, -0.2) is 9.78 Å². The summed E-state index contributed by atoms with van der Waals surface area (Å²) >= 11 is 0. The number of non-ortho nitro benzene ring substituents is 1. The molecule has 1 aromatic heterocycles. The normalized spacial score (nSPS) is 10.3. The molecular weight excluding hydrogens is 300 g/mol. The highest BCUT2D eigenvalue weighted by Crippen LogP contribution is 2.13. The largest absolute Gasteiger partial charge is 0.444 e. The quantitative estimate of drug-likeness (QED) is 0.627. The molecular formula is C15H18N4O4. The van der Waals surface area contributed by atoms with Gasteiger partial charge in [-0.2, -0.15) is 0 Å². The molecule has 0 atom stereocenters. The minimum atomic E-state index is -0.441. The van der Waals surface area contributed by atoms with Crippen molar-refractivity contribution < 1.29 is 14.1 Å². The average Bonchev–Trinajstić information content (AvgIpc) is 2.84. The minimum Gasteiger partial charge on any atom is -0.444 e. The van der Waals surface area contributed by atoms with E-state index in [1.54, 1.807) is 12.1 Å². The second-order valence-electron chi connectivity index (χ2n) is 5.04. The van der Waals surface area contributed by atoms with E-state index in [9.17, 15) is 14.9 Å². The highest BCUT2D eigenvalue weighted by molar-refractivity contribution is 5.73. The molecule has 0 aliphatic rings. The van der Waals surface area contributed by atoms with Crippen molar-refractivity contribution >= 4 is 11.7 Å². The number of oxazole rings is 1. The van der Waals surface area contributed by atoms with Crippen LogP contribution in [0.5, 0.6) is 0 Å². The molecule has 0 spiro atoms. The van der Waals surface area contributed by atoms with Crippen molar-refractivity contribution in [2.24, 2.45) is 0 Å². The fourth-order valence-corrected chi connectivity index (χ4v) is 1.98. The molecule has 0 radical (unpaired) electrons. The predicted octanol–water partition coefficient (Wildman–Crippen LogP) is 2.24. The van der Waals surface area contributed by atoms with Crippen molar-refractivity contribution in [3.8, 4) is 0 Å². The van der Waals surface area contributed by atoms with E-state index >= 15 is 0 Å². The van der Waals surface area contributed by atoms with Crippen molar-refractivity contribution in [1.82, 2.24) is 15.6 Å². The number of carbonyl (C=O) groups excluding carboxylic acids is 1. The first kappa shape index (κ1) is 16.5. The Hall–Kier alpha value is -2.90. The summed E-state index contributed by atoms with van der Waals surface area (Å²) in [5.41, 5.74) is 1.63. The van der Waals surface area contributed by atoms with E-state index in [0.717, 1.165) is 17.0 Å². The maximum Gasteiger partial charge on any atom is 0.315 e. The molecule has 0 unspecified atom stereocenters. The third-order valence-electron chi connectivity index (χ3n) is 3.29. The molecule has 0 saturated heterocycles. The van der Waals surface area contributed by atoms with E-state index in [2.05, 4.69) is 15.6 Å². The third-order valence-corrected chi connectivity index (χ3v) is 3.29. The number of nitro groups is 1. The van der Waals surface area contributed by atoms with Gasteiger partial charge in [-0.15, -0.1) is 0 Å². The first-order chi connectivity index (χ1) is 11.0. The molecule has 8 nitrogen and oxygen atoms in total. The van der Waals surface area contributed by atoms with Crippen LogP contribution < -0.4 is 10.6 Å². The Labute approximate surface area is 133 Å². The summed E-state index contributed by atoms with van der Waals surface area (Å²) in [5, 5.41) is 16.0. The monoisotopic (exact) mass is 318 g/mol. The van der Waals surface area contributed by atoms with E-state index < -0.39 is 4.92 Å². The summed E-state index contributed by atoms with van der Waals surface area (Å²) in [6.45, 7) is 4.22. The number of hydrogen-bond donors (Lipinski definition) is 2. The molecule has 0 bridgehead atoms. The third kappa shape index (κ3) is 4.80. The number of nitrogens with one attached hydrogen (secondary N) is 2. The standard InChI is InChI=1S/C15H18N4O4/c1-10-11(2)23-14(18-10)9-17-15(20)16-7-6-12-4-3-5-13(8-12)19(21)22/h3-5,8H,6-7,9H2,1-2H3,(H2,16,17,20). The van der Waals surface area contributed by atoms with Gasteiger partial charge in [0.25, 0.3) is 5.69 Å². The number of carbonyl (C=O) groups is 1. The van der Waals surface area contributed by atoms with Crippen LogP contribution in [0.25, 0.3) is 0 Å². The van der Waals surface area contributed by atoms with Crippen molar-refractivity contribution in [3.63, 3.8) is 0 Å². The lowest BCUT2D eigenvalue weighted by Gasteiger charge is -2.06. The van der Waals surface area contributed by atoms with Gasteiger partial charge in [0.2, 0.25) is 5.89 Å². The van der Waals surface area contributed by atoms with Gasteiger partial charge in [0, 0.05) is 18.7 Å². The number of amides is 2. The number of nitro benzene ring substituents is 1. The van der Waals surface area contributed by atoms with Crippen molar-refractivity contribution in [2.75, 3.05) is 6.54 Å². The molecule has 0 saturated carbocycles. The Morgan fingerprint density at radius 3 is 2.78 bits per heavy atom. The van der Waals surface area contributed by atoms with Crippen molar-refractivity contribution in [2.45, 2.75) is 26.8 Å². The zero-order valence-electron chi connectivity index (χ0n) is 13.0. The zero-order valence-corrected chi connectivity index (χ0v) is 13.0. The van der Waals surface area contributed by atoms with Crippen LogP contribution in [0.2, 0.25) is 0 Å². The van der Waals surface area contributed by atoms with E-state index in [4.69, 9.17) is 4.42 Å². The van der Waals surface area contributed by atoms with Crippen LogP contribution in [0.1, 0.15) is 22.9 Å². The van der Waals surface area contributed by atoms with Gasteiger partial charge in [-0.05, 0) is 25.8 Å². The van der Waals surface area contributed by atoms with Gasteiger partial charge in [0.15, 0.2) is 0 Å². The Balaban J connectivity index is 1.74. The Morgan fingerprint density at radius 2 is 2.13 bits per heavy atom. The number of nitrogens with zero attached hydrogens (tertiary/aromatic N) is 2. The molecule has 122 valence electrons. The van der Waals surface area contributed by atoms with Gasteiger partial charge < -0.3 is 15.1 Å². The number of rotatable bonds is 6. The lowest BCUT2D eigenvalue weighted by Crippen LogP contribution is -2.36. The molecule has 1 aromatic carbocycles. The molecule has 8 heteroatoms. The number of urea groups is 1. The van der Waals surface area contributed by atoms with E-state index in [1.165, 1.54) is 12.1 Å². The maximum atomic E-state index is 11.7.